The molecule has 0 unspecified atom stereocenters. The zero-order chi connectivity index (χ0) is 17.0. The number of hydrogen-bond donors (Lipinski definition) is 0. The summed E-state index contributed by atoms with van der Waals surface area (Å²) in [6.45, 7) is 2.13. The molecule has 0 spiro atoms. The molecule has 3 aromatic heterocycles. The molecule has 0 amide bonds. The Morgan fingerprint density at radius 1 is 0.960 bits per heavy atom. The van der Waals surface area contributed by atoms with Crippen molar-refractivity contribution in [2.45, 2.75) is 6.92 Å². The molecule has 0 aliphatic carbocycles. The summed E-state index contributed by atoms with van der Waals surface area (Å²) in [4.78, 5) is 4.61. The maximum atomic E-state index is 6.33. The van der Waals surface area contributed by atoms with Crippen LogP contribution in [0.3, 0.4) is 0 Å². The SMILES string of the molecule is Cc1ccc2c(oc3ccc4cccnc4c32)c1-c1cccc[n+]1C. The van der Waals surface area contributed by atoms with Gasteiger partial charge in [0.2, 0.25) is 5.69 Å². The molecular weight excluding hydrogens is 308 g/mol. The van der Waals surface area contributed by atoms with E-state index in [0.717, 1.165) is 44.1 Å². The molecular formula is C22H17N2O+. The highest BCUT2D eigenvalue weighted by molar-refractivity contribution is 6.19. The van der Waals surface area contributed by atoms with E-state index < -0.39 is 0 Å². The minimum absolute atomic E-state index is 0.881. The lowest BCUT2D eigenvalue weighted by atomic mass is 10.00. The summed E-state index contributed by atoms with van der Waals surface area (Å²) >= 11 is 0. The van der Waals surface area contributed by atoms with E-state index in [1.54, 1.807) is 0 Å². The Bertz CT molecular complexity index is 1270. The van der Waals surface area contributed by atoms with Crippen molar-refractivity contribution in [3.8, 4) is 11.3 Å². The summed E-state index contributed by atoms with van der Waals surface area (Å²) in [5.41, 5.74) is 6.28. The first-order valence-electron chi connectivity index (χ1n) is 8.38. The van der Waals surface area contributed by atoms with E-state index in [0.29, 0.717) is 0 Å². The highest BCUT2D eigenvalue weighted by Crippen LogP contribution is 2.39. The first-order valence-corrected chi connectivity index (χ1v) is 8.38. The van der Waals surface area contributed by atoms with Crippen molar-refractivity contribution in [2.24, 2.45) is 7.05 Å². The number of fused-ring (bicyclic) bond motifs is 5. The van der Waals surface area contributed by atoms with Crippen LogP contribution >= 0.6 is 0 Å². The van der Waals surface area contributed by atoms with Crippen molar-refractivity contribution in [2.75, 3.05) is 0 Å². The third-order valence-corrected chi connectivity index (χ3v) is 4.89. The van der Waals surface area contributed by atoms with Crippen LogP contribution in [0.15, 0.2) is 71.4 Å². The molecule has 0 fully saturated rings. The van der Waals surface area contributed by atoms with Crippen LogP contribution in [0, 0.1) is 6.92 Å². The van der Waals surface area contributed by atoms with E-state index >= 15 is 0 Å². The molecule has 0 saturated heterocycles. The van der Waals surface area contributed by atoms with Gasteiger partial charge in [0.15, 0.2) is 6.20 Å². The molecule has 3 heteroatoms. The first-order chi connectivity index (χ1) is 12.2. The summed E-state index contributed by atoms with van der Waals surface area (Å²) < 4.78 is 8.46. The van der Waals surface area contributed by atoms with E-state index in [-0.39, 0.29) is 0 Å². The predicted molar refractivity (Wildman–Crippen MR) is 100 cm³/mol. The highest BCUT2D eigenvalue weighted by atomic mass is 16.3. The van der Waals surface area contributed by atoms with Crippen molar-refractivity contribution in [3.05, 3.63) is 72.6 Å². The minimum atomic E-state index is 0.881. The van der Waals surface area contributed by atoms with Crippen LogP contribution in [0.2, 0.25) is 0 Å². The van der Waals surface area contributed by atoms with Crippen LogP contribution in [0.5, 0.6) is 0 Å². The second-order valence-corrected chi connectivity index (χ2v) is 6.45. The predicted octanol–water partition coefficient (Wildman–Crippen LogP) is 4.93. The zero-order valence-corrected chi connectivity index (χ0v) is 14.2. The van der Waals surface area contributed by atoms with Gasteiger partial charge < -0.3 is 4.42 Å². The molecule has 3 heterocycles. The lowest BCUT2D eigenvalue weighted by molar-refractivity contribution is -0.660. The molecule has 0 aliphatic rings. The molecule has 0 saturated carbocycles. The molecule has 0 bridgehead atoms. The number of aryl methyl sites for hydroxylation is 2. The summed E-state index contributed by atoms with van der Waals surface area (Å²) in [6, 6.07) is 18.7. The largest absolute Gasteiger partial charge is 0.455 e. The second kappa shape index (κ2) is 5.15. The van der Waals surface area contributed by atoms with Crippen molar-refractivity contribution < 1.29 is 8.98 Å². The van der Waals surface area contributed by atoms with Gasteiger partial charge in [0.05, 0.1) is 16.5 Å². The van der Waals surface area contributed by atoms with Gasteiger partial charge in [0.25, 0.3) is 0 Å². The smallest absolute Gasteiger partial charge is 0.216 e. The summed E-state index contributed by atoms with van der Waals surface area (Å²) in [5.74, 6) is 0. The Kier molecular flexibility index (Phi) is 2.92. The average molecular weight is 325 g/mol. The fourth-order valence-corrected chi connectivity index (χ4v) is 3.67. The Balaban J connectivity index is 1.99. The van der Waals surface area contributed by atoms with E-state index in [2.05, 4.69) is 66.1 Å². The molecule has 5 aromatic rings. The van der Waals surface area contributed by atoms with Crippen molar-refractivity contribution in [1.82, 2.24) is 4.98 Å². The molecule has 0 atom stereocenters. The van der Waals surface area contributed by atoms with Gasteiger partial charge in [-0.3, -0.25) is 4.98 Å². The third kappa shape index (κ3) is 1.99. The van der Waals surface area contributed by atoms with Crippen LogP contribution in [0.25, 0.3) is 44.1 Å². The van der Waals surface area contributed by atoms with Gasteiger partial charge in [-0.25, -0.2) is 4.57 Å². The maximum Gasteiger partial charge on any atom is 0.216 e. The van der Waals surface area contributed by atoms with Crippen LogP contribution in [0.4, 0.5) is 0 Å². The van der Waals surface area contributed by atoms with Crippen LogP contribution in [-0.2, 0) is 7.05 Å². The number of hydrogen-bond acceptors (Lipinski definition) is 2. The number of rotatable bonds is 1. The van der Waals surface area contributed by atoms with E-state index in [9.17, 15) is 0 Å². The van der Waals surface area contributed by atoms with Crippen LogP contribution in [0.1, 0.15) is 5.56 Å². The molecule has 120 valence electrons. The van der Waals surface area contributed by atoms with Crippen molar-refractivity contribution >= 4 is 32.8 Å². The maximum absolute atomic E-state index is 6.33. The third-order valence-electron chi connectivity index (χ3n) is 4.89. The van der Waals surface area contributed by atoms with E-state index in [1.165, 1.54) is 5.56 Å². The minimum Gasteiger partial charge on any atom is -0.455 e. The lowest BCUT2D eigenvalue weighted by Crippen LogP contribution is -2.30. The standard InChI is InChI=1S/C22H17N2O/c1-14-8-10-16-20-18(11-9-15-6-5-12-23-21(15)20)25-22(16)19(14)17-7-3-4-13-24(17)2/h3-13H,1-2H3/q+1. The molecule has 5 rings (SSSR count). The highest BCUT2D eigenvalue weighted by Gasteiger charge is 2.21. The lowest BCUT2D eigenvalue weighted by Gasteiger charge is -2.05. The van der Waals surface area contributed by atoms with Gasteiger partial charge >= 0.3 is 0 Å². The summed E-state index contributed by atoms with van der Waals surface area (Å²) in [7, 11) is 2.06. The summed E-state index contributed by atoms with van der Waals surface area (Å²) in [5, 5.41) is 3.33. The van der Waals surface area contributed by atoms with Crippen LogP contribution < -0.4 is 4.57 Å². The van der Waals surface area contributed by atoms with Crippen molar-refractivity contribution in [1.29, 1.82) is 0 Å². The molecule has 0 aliphatic heterocycles. The number of benzene rings is 2. The fourth-order valence-electron chi connectivity index (χ4n) is 3.67. The summed E-state index contributed by atoms with van der Waals surface area (Å²) in [6.07, 6.45) is 3.90. The fraction of sp³-hybridized carbons (Fsp3) is 0.0909. The first kappa shape index (κ1) is 14.2. The Hall–Kier alpha value is -3.20. The number of aromatic nitrogens is 2. The zero-order valence-electron chi connectivity index (χ0n) is 14.2. The van der Waals surface area contributed by atoms with Gasteiger partial charge in [-0.2, -0.15) is 0 Å². The van der Waals surface area contributed by atoms with E-state index in [1.807, 2.05) is 24.4 Å². The van der Waals surface area contributed by atoms with Gasteiger partial charge in [-0.05, 0) is 36.8 Å². The van der Waals surface area contributed by atoms with E-state index in [4.69, 9.17) is 4.42 Å². The molecule has 0 radical (unpaired) electrons. The quantitative estimate of drug-likeness (QED) is 0.409. The Morgan fingerprint density at radius 3 is 2.76 bits per heavy atom. The van der Waals surface area contributed by atoms with Gasteiger partial charge in [0.1, 0.15) is 18.2 Å². The second-order valence-electron chi connectivity index (χ2n) is 6.45. The molecule has 0 N–H and O–H groups in total. The Labute approximate surface area is 145 Å². The van der Waals surface area contributed by atoms with Gasteiger partial charge in [0, 0.05) is 29.1 Å². The normalized spacial score (nSPS) is 11.6. The van der Waals surface area contributed by atoms with Crippen molar-refractivity contribution in [3.63, 3.8) is 0 Å². The number of pyridine rings is 2. The average Bonchev–Trinajstić information content (AvgIpc) is 3.01. The van der Waals surface area contributed by atoms with Gasteiger partial charge in [-0.1, -0.05) is 18.2 Å². The molecule has 2 aromatic carbocycles. The number of furan rings is 1. The van der Waals surface area contributed by atoms with Gasteiger partial charge in [-0.15, -0.1) is 0 Å². The Morgan fingerprint density at radius 2 is 1.88 bits per heavy atom. The molecule has 3 nitrogen and oxygen atoms in total. The number of nitrogens with zero attached hydrogens (tertiary/aromatic N) is 2. The van der Waals surface area contributed by atoms with Crippen LogP contribution in [-0.4, -0.2) is 4.98 Å². The molecule has 25 heavy (non-hydrogen) atoms. The topological polar surface area (TPSA) is 29.9 Å². The monoisotopic (exact) mass is 325 g/mol.